The van der Waals surface area contributed by atoms with Gasteiger partial charge >= 0.3 is 0 Å². The fourth-order valence-corrected chi connectivity index (χ4v) is 1.19. The minimum absolute atomic E-state index is 1.10. The lowest BCUT2D eigenvalue weighted by molar-refractivity contribution is 0.845. The molecule has 0 bridgehead atoms. The summed E-state index contributed by atoms with van der Waals surface area (Å²) in [5, 5.41) is 7.24. The number of hydrogen-bond acceptors (Lipinski definition) is 1. The number of H-pyrrole nitrogens is 1. The Bertz CT molecular complexity index is 183. The first-order valence-corrected chi connectivity index (χ1v) is 4.40. The van der Waals surface area contributed by atoms with E-state index in [2.05, 4.69) is 30.1 Å². The summed E-state index contributed by atoms with van der Waals surface area (Å²) in [6.45, 7) is 4.36. The summed E-state index contributed by atoms with van der Waals surface area (Å²) in [5.41, 5.74) is 2.48. The van der Waals surface area contributed by atoms with Gasteiger partial charge in [-0.25, -0.2) is 0 Å². The van der Waals surface area contributed by atoms with Crippen molar-refractivity contribution in [2.75, 3.05) is 0 Å². The number of rotatable bonds is 4. The standard InChI is InChI=1S/C9H16N2/c1-3-5-8-7-9(6-4-2)11-10-8/h7H,3-6H2,1-2H3,(H,10,11). The van der Waals surface area contributed by atoms with Gasteiger partial charge in [0.15, 0.2) is 0 Å². The highest BCUT2D eigenvalue weighted by Crippen LogP contribution is 2.03. The van der Waals surface area contributed by atoms with Crippen molar-refractivity contribution < 1.29 is 0 Å². The van der Waals surface area contributed by atoms with Crippen LogP contribution in [-0.4, -0.2) is 10.2 Å². The molecule has 0 unspecified atom stereocenters. The zero-order valence-electron chi connectivity index (χ0n) is 7.35. The molecule has 0 aromatic carbocycles. The van der Waals surface area contributed by atoms with Gasteiger partial charge in [0.2, 0.25) is 0 Å². The summed E-state index contributed by atoms with van der Waals surface area (Å²) in [7, 11) is 0. The maximum absolute atomic E-state index is 4.20. The minimum Gasteiger partial charge on any atom is -0.282 e. The summed E-state index contributed by atoms with van der Waals surface area (Å²) in [5.74, 6) is 0. The summed E-state index contributed by atoms with van der Waals surface area (Å²) >= 11 is 0. The van der Waals surface area contributed by atoms with Crippen molar-refractivity contribution in [3.05, 3.63) is 17.5 Å². The Kier molecular flexibility index (Phi) is 3.14. The Balaban J connectivity index is 2.51. The molecule has 0 spiro atoms. The topological polar surface area (TPSA) is 28.7 Å². The molecule has 2 heteroatoms. The summed E-state index contributed by atoms with van der Waals surface area (Å²) in [6.07, 6.45) is 4.58. The Hall–Kier alpha value is -0.790. The number of hydrogen-bond donors (Lipinski definition) is 1. The van der Waals surface area contributed by atoms with Crippen LogP contribution < -0.4 is 0 Å². The van der Waals surface area contributed by atoms with Gasteiger partial charge in [0.1, 0.15) is 0 Å². The zero-order chi connectivity index (χ0) is 8.10. The van der Waals surface area contributed by atoms with E-state index in [0.717, 1.165) is 12.8 Å². The second-order valence-corrected chi connectivity index (χ2v) is 2.88. The van der Waals surface area contributed by atoms with E-state index in [1.165, 1.54) is 24.2 Å². The molecule has 1 rings (SSSR count). The third-order valence-electron chi connectivity index (χ3n) is 1.71. The molecular weight excluding hydrogens is 136 g/mol. The van der Waals surface area contributed by atoms with Crippen molar-refractivity contribution in [2.24, 2.45) is 0 Å². The molecule has 0 fully saturated rings. The van der Waals surface area contributed by atoms with Gasteiger partial charge in [-0.3, -0.25) is 5.10 Å². The van der Waals surface area contributed by atoms with Crippen LogP contribution in [0.2, 0.25) is 0 Å². The van der Waals surface area contributed by atoms with E-state index in [9.17, 15) is 0 Å². The first-order chi connectivity index (χ1) is 5.36. The van der Waals surface area contributed by atoms with Gasteiger partial charge in [-0.1, -0.05) is 26.7 Å². The highest BCUT2D eigenvalue weighted by molar-refractivity contribution is 5.08. The van der Waals surface area contributed by atoms with Crippen LogP contribution >= 0.6 is 0 Å². The lowest BCUT2D eigenvalue weighted by Crippen LogP contribution is -1.81. The van der Waals surface area contributed by atoms with Crippen LogP contribution in [0.3, 0.4) is 0 Å². The fraction of sp³-hybridized carbons (Fsp3) is 0.667. The SMILES string of the molecule is CCCc1cc(CCC)[nH]n1. The Morgan fingerprint density at radius 1 is 1.27 bits per heavy atom. The summed E-state index contributed by atoms with van der Waals surface area (Å²) in [4.78, 5) is 0. The van der Waals surface area contributed by atoms with Crippen molar-refractivity contribution in [3.63, 3.8) is 0 Å². The molecule has 0 atom stereocenters. The molecule has 0 saturated carbocycles. The molecule has 1 N–H and O–H groups in total. The van der Waals surface area contributed by atoms with Gasteiger partial charge in [0.25, 0.3) is 0 Å². The van der Waals surface area contributed by atoms with Gasteiger partial charge < -0.3 is 0 Å². The third-order valence-corrected chi connectivity index (χ3v) is 1.71. The average molecular weight is 152 g/mol. The minimum atomic E-state index is 1.10. The van der Waals surface area contributed by atoms with Gasteiger partial charge in [0.05, 0.1) is 5.69 Å². The molecular formula is C9H16N2. The summed E-state index contributed by atoms with van der Waals surface area (Å²) < 4.78 is 0. The van der Waals surface area contributed by atoms with Crippen molar-refractivity contribution in [2.45, 2.75) is 39.5 Å². The van der Waals surface area contributed by atoms with E-state index < -0.39 is 0 Å². The van der Waals surface area contributed by atoms with E-state index >= 15 is 0 Å². The molecule has 0 aliphatic heterocycles. The van der Waals surface area contributed by atoms with Crippen molar-refractivity contribution in [1.82, 2.24) is 10.2 Å². The van der Waals surface area contributed by atoms with E-state index in [1.807, 2.05) is 0 Å². The van der Waals surface area contributed by atoms with Crippen molar-refractivity contribution in [3.8, 4) is 0 Å². The Morgan fingerprint density at radius 3 is 2.64 bits per heavy atom. The fourth-order valence-electron chi connectivity index (χ4n) is 1.19. The predicted molar refractivity (Wildman–Crippen MR) is 46.6 cm³/mol. The molecule has 11 heavy (non-hydrogen) atoms. The highest BCUT2D eigenvalue weighted by Gasteiger charge is 1.97. The molecule has 1 heterocycles. The molecule has 0 saturated heterocycles. The van der Waals surface area contributed by atoms with Crippen LogP contribution in [0.5, 0.6) is 0 Å². The second-order valence-electron chi connectivity index (χ2n) is 2.88. The second kappa shape index (κ2) is 4.16. The van der Waals surface area contributed by atoms with Crippen LogP contribution in [0, 0.1) is 0 Å². The molecule has 1 aromatic rings. The van der Waals surface area contributed by atoms with E-state index in [-0.39, 0.29) is 0 Å². The van der Waals surface area contributed by atoms with Crippen molar-refractivity contribution >= 4 is 0 Å². The Labute approximate surface area is 68.0 Å². The zero-order valence-corrected chi connectivity index (χ0v) is 7.35. The lowest BCUT2D eigenvalue weighted by atomic mass is 10.2. The molecule has 0 radical (unpaired) electrons. The maximum Gasteiger partial charge on any atom is 0.0624 e. The van der Waals surface area contributed by atoms with Crippen molar-refractivity contribution in [1.29, 1.82) is 0 Å². The highest BCUT2D eigenvalue weighted by atomic mass is 15.1. The molecule has 0 amide bonds. The largest absolute Gasteiger partial charge is 0.282 e. The maximum atomic E-state index is 4.20. The number of aryl methyl sites for hydroxylation is 2. The molecule has 1 aromatic heterocycles. The Morgan fingerprint density at radius 2 is 2.00 bits per heavy atom. The van der Waals surface area contributed by atoms with Gasteiger partial charge in [-0.2, -0.15) is 5.10 Å². The van der Waals surface area contributed by atoms with Crippen LogP contribution in [0.1, 0.15) is 38.1 Å². The molecule has 62 valence electrons. The first kappa shape index (κ1) is 8.31. The monoisotopic (exact) mass is 152 g/mol. The van der Waals surface area contributed by atoms with Crippen LogP contribution in [-0.2, 0) is 12.8 Å². The smallest absolute Gasteiger partial charge is 0.0624 e. The van der Waals surface area contributed by atoms with Gasteiger partial charge in [-0.05, 0) is 18.9 Å². The van der Waals surface area contributed by atoms with E-state index in [0.29, 0.717) is 0 Å². The van der Waals surface area contributed by atoms with Gasteiger partial charge in [-0.15, -0.1) is 0 Å². The van der Waals surface area contributed by atoms with Crippen LogP contribution in [0.25, 0.3) is 0 Å². The average Bonchev–Trinajstić information content (AvgIpc) is 2.38. The van der Waals surface area contributed by atoms with Gasteiger partial charge in [0, 0.05) is 5.69 Å². The van der Waals surface area contributed by atoms with E-state index in [4.69, 9.17) is 0 Å². The molecule has 0 aliphatic rings. The van der Waals surface area contributed by atoms with Crippen LogP contribution in [0.4, 0.5) is 0 Å². The lowest BCUT2D eigenvalue weighted by Gasteiger charge is -1.87. The number of aromatic nitrogens is 2. The number of aromatic amines is 1. The normalized spacial score (nSPS) is 10.4. The molecule has 2 nitrogen and oxygen atoms in total. The number of nitrogens with zero attached hydrogens (tertiary/aromatic N) is 1. The third kappa shape index (κ3) is 2.37. The quantitative estimate of drug-likeness (QED) is 0.704. The predicted octanol–water partition coefficient (Wildman–Crippen LogP) is 2.31. The summed E-state index contributed by atoms with van der Waals surface area (Å²) in [6, 6.07) is 2.17. The first-order valence-electron chi connectivity index (χ1n) is 4.40. The van der Waals surface area contributed by atoms with E-state index in [1.54, 1.807) is 0 Å². The number of nitrogens with one attached hydrogen (secondary N) is 1. The van der Waals surface area contributed by atoms with Crippen LogP contribution in [0.15, 0.2) is 6.07 Å². The molecule has 0 aliphatic carbocycles.